The SMILES string of the molecule is Cc1cc(Oc2ncccn2)ccc1NC(=O)CNC(=O)C1c2ccccc2C(=O)N1C1CC1. The maximum absolute atomic E-state index is 13.0. The maximum atomic E-state index is 13.0. The second-order valence-electron chi connectivity index (χ2n) is 8.31. The van der Waals surface area contributed by atoms with E-state index in [9.17, 15) is 14.4 Å². The maximum Gasteiger partial charge on any atom is 0.321 e. The van der Waals surface area contributed by atoms with Crippen molar-refractivity contribution in [1.82, 2.24) is 20.2 Å². The smallest absolute Gasteiger partial charge is 0.321 e. The Morgan fingerprint density at radius 3 is 2.59 bits per heavy atom. The van der Waals surface area contributed by atoms with Crippen molar-refractivity contribution in [2.75, 3.05) is 11.9 Å². The summed E-state index contributed by atoms with van der Waals surface area (Å²) in [5.74, 6) is -0.308. The number of fused-ring (bicyclic) bond motifs is 1. The van der Waals surface area contributed by atoms with Crippen molar-refractivity contribution in [3.63, 3.8) is 0 Å². The number of carbonyl (C=O) groups is 3. The highest BCUT2D eigenvalue weighted by atomic mass is 16.5. The minimum absolute atomic E-state index is 0.0779. The highest BCUT2D eigenvalue weighted by molar-refractivity contribution is 6.05. The summed E-state index contributed by atoms with van der Waals surface area (Å²) in [7, 11) is 0. The van der Waals surface area contributed by atoms with Gasteiger partial charge in [-0.25, -0.2) is 9.97 Å². The molecule has 1 aliphatic heterocycles. The normalized spacial score (nSPS) is 16.7. The van der Waals surface area contributed by atoms with Gasteiger partial charge in [0.1, 0.15) is 11.8 Å². The van der Waals surface area contributed by atoms with Gasteiger partial charge in [-0.15, -0.1) is 0 Å². The van der Waals surface area contributed by atoms with Gasteiger partial charge in [-0.2, -0.15) is 0 Å². The van der Waals surface area contributed by atoms with Gasteiger partial charge in [0.15, 0.2) is 0 Å². The third kappa shape index (κ3) is 4.32. The van der Waals surface area contributed by atoms with E-state index in [4.69, 9.17) is 4.74 Å². The van der Waals surface area contributed by atoms with E-state index in [1.807, 2.05) is 13.0 Å². The van der Waals surface area contributed by atoms with Crippen LogP contribution in [0.15, 0.2) is 60.9 Å². The fourth-order valence-corrected chi connectivity index (χ4v) is 4.08. The van der Waals surface area contributed by atoms with E-state index >= 15 is 0 Å². The number of benzene rings is 2. The quantitative estimate of drug-likeness (QED) is 0.564. The lowest BCUT2D eigenvalue weighted by Gasteiger charge is -2.24. The van der Waals surface area contributed by atoms with Gasteiger partial charge in [-0.1, -0.05) is 18.2 Å². The van der Waals surface area contributed by atoms with Crippen molar-refractivity contribution in [2.45, 2.75) is 31.8 Å². The molecule has 1 unspecified atom stereocenters. The molecule has 5 rings (SSSR count). The van der Waals surface area contributed by atoms with Gasteiger partial charge >= 0.3 is 6.01 Å². The van der Waals surface area contributed by atoms with Crippen LogP contribution in [0.4, 0.5) is 5.69 Å². The lowest BCUT2D eigenvalue weighted by molar-refractivity contribution is -0.127. The van der Waals surface area contributed by atoms with Gasteiger partial charge in [-0.3, -0.25) is 14.4 Å². The van der Waals surface area contributed by atoms with Crippen LogP contribution in [0.3, 0.4) is 0 Å². The zero-order valence-electron chi connectivity index (χ0n) is 18.5. The average Bonchev–Trinajstić information content (AvgIpc) is 3.64. The van der Waals surface area contributed by atoms with Crippen LogP contribution in [0, 0.1) is 6.92 Å². The molecule has 2 aromatic carbocycles. The molecule has 1 aliphatic carbocycles. The number of hydrogen-bond acceptors (Lipinski definition) is 6. The fraction of sp³-hybridized carbons (Fsp3) is 0.240. The Bertz CT molecular complexity index is 1260. The molecule has 0 spiro atoms. The number of ether oxygens (including phenoxy) is 1. The van der Waals surface area contributed by atoms with Crippen molar-refractivity contribution in [3.8, 4) is 11.8 Å². The van der Waals surface area contributed by atoms with Gasteiger partial charge in [0.25, 0.3) is 5.91 Å². The van der Waals surface area contributed by atoms with E-state index in [0.29, 0.717) is 22.6 Å². The van der Waals surface area contributed by atoms with Crippen molar-refractivity contribution in [2.24, 2.45) is 0 Å². The molecule has 1 atom stereocenters. The van der Waals surface area contributed by atoms with Crippen molar-refractivity contribution < 1.29 is 19.1 Å². The first-order valence-corrected chi connectivity index (χ1v) is 11.1. The molecule has 172 valence electrons. The summed E-state index contributed by atoms with van der Waals surface area (Å²) in [6.45, 7) is 1.63. The Hall–Kier alpha value is -4.27. The molecule has 2 heterocycles. The van der Waals surface area contributed by atoms with Crippen molar-refractivity contribution in [3.05, 3.63) is 77.6 Å². The summed E-state index contributed by atoms with van der Waals surface area (Å²) in [6.07, 6.45) is 4.95. The number of nitrogens with one attached hydrogen (secondary N) is 2. The fourth-order valence-electron chi connectivity index (χ4n) is 4.08. The van der Waals surface area contributed by atoms with Gasteiger partial charge in [0.2, 0.25) is 11.8 Å². The number of anilines is 1. The zero-order chi connectivity index (χ0) is 23.7. The molecule has 1 saturated carbocycles. The second-order valence-corrected chi connectivity index (χ2v) is 8.31. The summed E-state index contributed by atoms with van der Waals surface area (Å²) in [5.41, 5.74) is 2.62. The van der Waals surface area contributed by atoms with Crippen LogP contribution in [-0.4, -0.2) is 45.2 Å². The highest BCUT2D eigenvalue weighted by Gasteiger charge is 2.47. The molecule has 1 aromatic heterocycles. The Morgan fingerprint density at radius 1 is 1.09 bits per heavy atom. The molecule has 0 saturated heterocycles. The van der Waals surface area contributed by atoms with Crippen molar-refractivity contribution >= 4 is 23.4 Å². The summed E-state index contributed by atoms with van der Waals surface area (Å²) >= 11 is 0. The molecular formula is C25H23N5O4. The first kappa shape index (κ1) is 21.6. The molecule has 34 heavy (non-hydrogen) atoms. The summed E-state index contributed by atoms with van der Waals surface area (Å²) < 4.78 is 5.60. The van der Waals surface area contributed by atoms with E-state index in [0.717, 1.165) is 18.4 Å². The zero-order valence-corrected chi connectivity index (χ0v) is 18.5. The number of aryl methyl sites for hydroxylation is 1. The highest BCUT2D eigenvalue weighted by Crippen LogP contribution is 2.41. The number of nitrogens with zero attached hydrogens (tertiary/aromatic N) is 3. The van der Waals surface area contributed by atoms with Crippen LogP contribution < -0.4 is 15.4 Å². The molecule has 3 amide bonds. The van der Waals surface area contributed by atoms with Crippen LogP contribution in [-0.2, 0) is 9.59 Å². The average molecular weight is 457 g/mol. The largest absolute Gasteiger partial charge is 0.424 e. The Balaban J connectivity index is 1.21. The van der Waals surface area contributed by atoms with Gasteiger partial charge in [0, 0.05) is 29.7 Å². The van der Waals surface area contributed by atoms with Crippen LogP contribution in [0.5, 0.6) is 11.8 Å². The monoisotopic (exact) mass is 457 g/mol. The minimum Gasteiger partial charge on any atom is -0.424 e. The predicted octanol–water partition coefficient (Wildman–Crippen LogP) is 2.99. The molecule has 2 aliphatic rings. The van der Waals surface area contributed by atoms with Crippen molar-refractivity contribution in [1.29, 1.82) is 0 Å². The molecule has 2 N–H and O–H groups in total. The van der Waals surface area contributed by atoms with Crippen LogP contribution in [0.2, 0.25) is 0 Å². The van der Waals surface area contributed by atoms with E-state index in [1.165, 1.54) is 0 Å². The topological polar surface area (TPSA) is 114 Å². The van der Waals surface area contributed by atoms with Crippen LogP contribution >= 0.6 is 0 Å². The van der Waals surface area contributed by atoms with E-state index in [-0.39, 0.29) is 36.3 Å². The molecule has 0 bridgehead atoms. The van der Waals surface area contributed by atoms with Gasteiger partial charge < -0.3 is 20.3 Å². The number of aromatic nitrogens is 2. The second kappa shape index (κ2) is 8.93. The molecule has 1 fully saturated rings. The molecular weight excluding hydrogens is 434 g/mol. The van der Waals surface area contributed by atoms with E-state index in [2.05, 4.69) is 20.6 Å². The lowest BCUT2D eigenvalue weighted by Crippen LogP contribution is -2.42. The van der Waals surface area contributed by atoms with Crippen LogP contribution in [0.1, 0.15) is 40.4 Å². The van der Waals surface area contributed by atoms with Gasteiger partial charge in [-0.05, 0) is 61.2 Å². The number of rotatable bonds is 7. The molecule has 0 radical (unpaired) electrons. The predicted molar refractivity (Wildman–Crippen MR) is 123 cm³/mol. The van der Waals surface area contributed by atoms with Crippen LogP contribution in [0.25, 0.3) is 0 Å². The third-order valence-electron chi connectivity index (χ3n) is 5.83. The number of carbonyl (C=O) groups excluding carboxylic acids is 3. The summed E-state index contributed by atoms with van der Waals surface area (Å²) in [5, 5.41) is 5.50. The number of hydrogen-bond donors (Lipinski definition) is 2. The first-order chi connectivity index (χ1) is 16.5. The van der Waals surface area contributed by atoms with Gasteiger partial charge in [0.05, 0.1) is 6.54 Å². The number of amides is 3. The van der Waals surface area contributed by atoms with E-state index in [1.54, 1.807) is 59.8 Å². The summed E-state index contributed by atoms with van der Waals surface area (Å²) in [4.78, 5) is 48.1. The first-order valence-electron chi connectivity index (χ1n) is 11.1. The Morgan fingerprint density at radius 2 is 1.85 bits per heavy atom. The summed E-state index contributed by atoms with van der Waals surface area (Å²) in [6, 6.07) is 13.6. The molecule has 9 heteroatoms. The Kier molecular flexibility index (Phi) is 5.67. The molecule has 9 nitrogen and oxygen atoms in total. The third-order valence-corrected chi connectivity index (χ3v) is 5.83. The lowest BCUT2D eigenvalue weighted by atomic mass is 10.0. The van der Waals surface area contributed by atoms with E-state index < -0.39 is 6.04 Å². The Labute approximate surface area is 196 Å². The standard InChI is InChI=1S/C25H23N5O4/c1-15-13-17(34-25-26-11-4-12-27-25)9-10-20(15)29-21(31)14-28-23(32)22-18-5-2-3-6-19(18)24(33)30(22)16-7-8-16/h2-6,9-13,16,22H,7-8,14H2,1H3,(H,28,32)(H,29,31). The molecule has 3 aromatic rings. The minimum atomic E-state index is -0.706.